The van der Waals surface area contributed by atoms with Crippen LogP contribution in [0, 0.1) is 0 Å². The predicted octanol–water partition coefficient (Wildman–Crippen LogP) is 4.48. The average molecular weight is 435 g/mol. The molecule has 0 bridgehead atoms. The maximum Gasteiger partial charge on any atom is 0.408 e. The third-order valence-electron chi connectivity index (χ3n) is 2.98. The molecule has 0 aliphatic rings. The molecule has 0 spiro atoms. The van der Waals surface area contributed by atoms with Gasteiger partial charge in [0.1, 0.15) is 5.60 Å². The van der Waals surface area contributed by atoms with Crippen molar-refractivity contribution in [3.63, 3.8) is 0 Å². The summed E-state index contributed by atoms with van der Waals surface area (Å²) in [7, 11) is 1.61. The Balaban J connectivity index is 2.96. The molecule has 0 saturated heterocycles. The predicted molar refractivity (Wildman–Crippen MR) is 99.8 cm³/mol. The van der Waals surface area contributed by atoms with E-state index in [1.54, 1.807) is 7.11 Å². The molecule has 1 amide bonds. The van der Waals surface area contributed by atoms with E-state index in [4.69, 9.17) is 14.2 Å². The van der Waals surface area contributed by atoms with E-state index in [2.05, 4.69) is 27.9 Å². The van der Waals surface area contributed by atoms with Crippen molar-refractivity contribution in [2.45, 2.75) is 45.8 Å². The fraction of sp³-hybridized carbons (Fsp3) is 0.588. The summed E-state index contributed by atoms with van der Waals surface area (Å²) in [5.41, 5.74) is 0.451. The van der Waals surface area contributed by atoms with E-state index in [0.29, 0.717) is 18.1 Å². The van der Waals surface area contributed by atoms with Crippen LogP contribution in [0.3, 0.4) is 0 Å². The fourth-order valence-electron chi connectivity index (χ4n) is 2.06. The number of nitrogens with one attached hydrogen (secondary N) is 1. The first-order valence-electron chi connectivity index (χ1n) is 7.67. The van der Waals surface area contributed by atoms with Crippen LogP contribution in [-0.4, -0.2) is 29.8 Å². The van der Waals surface area contributed by atoms with Crippen LogP contribution in [0.1, 0.15) is 45.7 Å². The molecule has 6 heteroatoms. The number of alkyl halides is 1. The Hall–Kier alpha value is -1.18. The highest BCUT2D eigenvalue weighted by molar-refractivity contribution is 14.1. The van der Waals surface area contributed by atoms with Gasteiger partial charge in [0, 0.05) is 4.43 Å². The summed E-state index contributed by atoms with van der Waals surface area (Å²) in [5.74, 6) is 1.36. The lowest BCUT2D eigenvalue weighted by atomic mass is 10.0. The van der Waals surface area contributed by atoms with E-state index in [9.17, 15) is 4.79 Å². The van der Waals surface area contributed by atoms with Crippen molar-refractivity contribution in [1.29, 1.82) is 0 Å². The third kappa shape index (κ3) is 6.85. The number of hydrogen-bond acceptors (Lipinski definition) is 4. The van der Waals surface area contributed by atoms with Gasteiger partial charge in [-0.25, -0.2) is 4.79 Å². The molecule has 0 aliphatic heterocycles. The van der Waals surface area contributed by atoms with Crippen molar-refractivity contribution in [3.05, 3.63) is 23.8 Å². The number of ether oxygens (including phenoxy) is 3. The molecule has 0 radical (unpaired) electrons. The zero-order valence-corrected chi connectivity index (χ0v) is 16.6. The van der Waals surface area contributed by atoms with Gasteiger partial charge in [-0.3, -0.25) is 0 Å². The molecule has 23 heavy (non-hydrogen) atoms. The Bertz CT molecular complexity index is 514. The summed E-state index contributed by atoms with van der Waals surface area (Å²) < 4.78 is 17.2. The van der Waals surface area contributed by atoms with Crippen LogP contribution in [-0.2, 0) is 4.74 Å². The number of carbonyl (C=O) groups excluding carboxylic acids is 1. The lowest BCUT2D eigenvalue weighted by molar-refractivity contribution is 0.0502. The van der Waals surface area contributed by atoms with Gasteiger partial charge in [0.2, 0.25) is 0 Å². The molecule has 0 saturated carbocycles. The van der Waals surface area contributed by atoms with Gasteiger partial charge in [-0.1, -0.05) is 28.7 Å². The minimum atomic E-state index is -0.519. The smallest absolute Gasteiger partial charge is 0.408 e. The van der Waals surface area contributed by atoms with Crippen LogP contribution >= 0.6 is 22.6 Å². The summed E-state index contributed by atoms with van der Waals surface area (Å²) >= 11 is 2.30. The molecule has 0 fully saturated rings. The van der Waals surface area contributed by atoms with Crippen molar-refractivity contribution in [2.75, 3.05) is 18.1 Å². The molecular formula is C17H26INO4. The van der Waals surface area contributed by atoms with Gasteiger partial charge in [0.25, 0.3) is 0 Å². The second kappa shape index (κ2) is 9.20. The average Bonchev–Trinajstić information content (AvgIpc) is 2.45. The van der Waals surface area contributed by atoms with E-state index >= 15 is 0 Å². The normalized spacial score (nSPS) is 12.4. The Labute approximate surface area is 152 Å². The molecular weight excluding hydrogens is 409 g/mol. The van der Waals surface area contributed by atoms with Crippen molar-refractivity contribution < 1.29 is 19.0 Å². The van der Waals surface area contributed by atoms with Gasteiger partial charge < -0.3 is 19.5 Å². The molecule has 1 rings (SSSR count). The standard InChI is InChI=1S/C17H26INO4/c1-6-22-15-11-12(7-8-14(15)21-5)13(9-10-18)19-16(20)23-17(2,3)4/h7-8,11,13H,6,9-10H2,1-5H3,(H,19,20). The highest BCUT2D eigenvalue weighted by atomic mass is 127. The fourth-order valence-corrected chi connectivity index (χ4v) is 2.68. The van der Waals surface area contributed by atoms with Crippen molar-refractivity contribution in [2.24, 2.45) is 0 Å². The number of rotatable bonds is 7. The molecule has 5 nitrogen and oxygen atoms in total. The number of amides is 1. The van der Waals surface area contributed by atoms with Crippen molar-refractivity contribution >= 4 is 28.7 Å². The highest BCUT2D eigenvalue weighted by Crippen LogP contribution is 2.31. The van der Waals surface area contributed by atoms with Crippen LogP contribution < -0.4 is 14.8 Å². The number of benzene rings is 1. The van der Waals surface area contributed by atoms with Crippen molar-refractivity contribution in [3.8, 4) is 11.5 Å². The summed E-state index contributed by atoms with van der Waals surface area (Å²) in [5, 5.41) is 2.94. The van der Waals surface area contributed by atoms with Crippen LogP contribution in [0.4, 0.5) is 4.79 Å². The summed E-state index contributed by atoms with van der Waals surface area (Å²) in [6.45, 7) is 8.02. The number of carbonyl (C=O) groups is 1. The second-order valence-corrected chi connectivity index (χ2v) is 7.10. The van der Waals surface area contributed by atoms with E-state index < -0.39 is 11.7 Å². The van der Waals surface area contributed by atoms with Crippen molar-refractivity contribution in [1.82, 2.24) is 5.32 Å². The topological polar surface area (TPSA) is 56.8 Å². The summed E-state index contributed by atoms with van der Waals surface area (Å²) in [6.07, 6.45) is 0.388. The number of methoxy groups -OCH3 is 1. The van der Waals surface area contributed by atoms with Gasteiger partial charge in [0.05, 0.1) is 19.8 Å². The molecule has 130 valence electrons. The van der Waals surface area contributed by atoms with Crippen LogP contribution in [0.15, 0.2) is 18.2 Å². The summed E-state index contributed by atoms with van der Waals surface area (Å²) in [4.78, 5) is 12.1. The molecule has 0 aromatic heterocycles. The lowest BCUT2D eigenvalue weighted by Gasteiger charge is -2.24. The largest absolute Gasteiger partial charge is 0.493 e. The van der Waals surface area contributed by atoms with Gasteiger partial charge >= 0.3 is 6.09 Å². The second-order valence-electron chi connectivity index (χ2n) is 6.02. The van der Waals surface area contributed by atoms with Crippen LogP contribution in [0.5, 0.6) is 11.5 Å². The first kappa shape index (κ1) is 19.9. The van der Waals surface area contributed by atoms with E-state index in [-0.39, 0.29) is 6.04 Å². The first-order valence-corrected chi connectivity index (χ1v) is 9.19. The maximum absolute atomic E-state index is 12.1. The molecule has 1 unspecified atom stereocenters. The molecule has 1 aromatic carbocycles. The molecule has 0 heterocycles. The Morgan fingerprint density at radius 2 is 2.00 bits per heavy atom. The lowest BCUT2D eigenvalue weighted by Crippen LogP contribution is -2.35. The first-order chi connectivity index (χ1) is 10.8. The Kier molecular flexibility index (Phi) is 7.94. The van der Waals surface area contributed by atoms with E-state index in [0.717, 1.165) is 16.4 Å². The maximum atomic E-state index is 12.1. The number of alkyl carbamates (subject to hydrolysis) is 1. The van der Waals surface area contributed by atoms with Gasteiger partial charge in [-0.05, 0) is 51.8 Å². The van der Waals surface area contributed by atoms with Crippen LogP contribution in [0.25, 0.3) is 0 Å². The zero-order valence-electron chi connectivity index (χ0n) is 14.4. The van der Waals surface area contributed by atoms with E-state index in [1.807, 2.05) is 45.9 Å². The SMILES string of the molecule is CCOc1cc(C(CCI)NC(=O)OC(C)(C)C)ccc1OC. The van der Waals surface area contributed by atoms with Crippen LogP contribution in [0.2, 0.25) is 0 Å². The zero-order chi connectivity index (χ0) is 17.5. The minimum absolute atomic E-state index is 0.133. The highest BCUT2D eigenvalue weighted by Gasteiger charge is 2.21. The van der Waals surface area contributed by atoms with Gasteiger partial charge in [-0.2, -0.15) is 0 Å². The molecule has 1 aromatic rings. The molecule has 1 atom stereocenters. The third-order valence-corrected chi connectivity index (χ3v) is 3.60. The number of halogens is 1. The molecule has 0 aliphatic carbocycles. The monoisotopic (exact) mass is 435 g/mol. The number of hydrogen-bond donors (Lipinski definition) is 1. The van der Waals surface area contributed by atoms with E-state index in [1.165, 1.54) is 0 Å². The molecule has 1 N–H and O–H groups in total. The minimum Gasteiger partial charge on any atom is -0.493 e. The Morgan fingerprint density at radius 3 is 2.52 bits per heavy atom. The van der Waals surface area contributed by atoms with Gasteiger partial charge in [0.15, 0.2) is 11.5 Å². The summed E-state index contributed by atoms with van der Waals surface area (Å²) in [6, 6.07) is 5.58. The van der Waals surface area contributed by atoms with Gasteiger partial charge in [-0.15, -0.1) is 0 Å². The quantitative estimate of drug-likeness (QED) is 0.507. The Morgan fingerprint density at radius 1 is 1.30 bits per heavy atom.